The fourth-order valence-corrected chi connectivity index (χ4v) is 10.9. The van der Waals surface area contributed by atoms with Crippen LogP contribution in [0.4, 0.5) is 0 Å². The number of hydrogen-bond donors (Lipinski definition) is 6. The average Bonchev–Trinajstić information content (AvgIpc) is 3.29. The van der Waals surface area contributed by atoms with Crippen LogP contribution in [0.1, 0.15) is 131 Å². The number of aliphatic hydroxyl groups excluding tert-OH is 1. The van der Waals surface area contributed by atoms with E-state index >= 15 is 0 Å². The molecule has 0 aromatic rings. The molecule has 4 saturated carbocycles. The molecule has 0 aromatic heterocycles. The molecule has 4 rings (SSSR count). The standard InChI is InChI=1S/C27H48O6S.C7H19N3/c1-17(2)27(29,33-34(30,31)32)15-11-18(3)20-9-10-21-24-22(12-14-26(20,21)5)25(4)13-7-6-8-19(25)16-23(24)28;1-2-4-7(9)10-6-3-5-8/h17-24,28-29H,6-16H2,1-5H3,(H,30,31,32);7,10H,2-6,8-9H2,1H3/t18-,19-,20-,21?,22?,23-,24?,25+,26-,27?;/m1./s1. The van der Waals surface area contributed by atoms with E-state index in [4.69, 9.17) is 15.7 Å². The van der Waals surface area contributed by atoms with Crippen molar-refractivity contribution >= 4 is 10.4 Å². The largest absolute Gasteiger partial charge is 0.400 e. The Labute approximate surface area is 269 Å². The highest BCUT2D eigenvalue weighted by Crippen LogP contribution is 2.68. The van der Waals surface area contributed by atoms with Gasteiger partial charge in [0.1, 0.15) is 0 Å². The summed E-state index contributed by atoms with van der Waals surface area (Å²) >= 11 is 0. The molecule has 0 aromatic carbocycles. The molecule has 4 aliphatic rings. The van der Waals surface area contributed by atoms with Crippen LogP contribution in [0.3, 0.4) is 0 Å². The summed E-state index contributed by atoms with van der Waals surface area (Å²) in [4.78, 5) is 0. The third kappa shape index (κ3) is 8.77. The van der Waals surface area contributed by atoms with Crippen molar-refractivity contribution in [3.63, 3.8) is 0 Å². The van der Waals surface area contributed by atoms with Gasteiger partial charge in [0, 0.05) is 12.3 Å². The number of rotatable bonds is 13. The highest BCUT2D eigenvalue weighted by Gasteiger charge is 2.62. The number of nitrogens with two attached hydrogens (primary N) is 2. The molecule has 9 nitrogen and oxygen atoms in total. The van der Waals surface area contributed by atoms with Crippen molar-refractivity contribution in [1.29, 1.82) is 0 Å². The van der Waals surface area contributed by atoms with E-state index in [0.29, 0.717) is 47.3 Å². The first kappa shape index (κ1) is 38.1. The number of aliphatic hydroxyl groups is 2. The fourth-order valence-electron chi connectivity index (χ4n) is 10.3. The predicted octanol–water partition coefficient (Wildman–Crippen LogP) is 5.60. The Bertz CT molecular complexity index is 999. The van der Waals surface area contributed by atoms with Gasteiger partial charge in [-0.3, -0.25) is 4.55 Å². The van der Waals surface area contributed by atoms with Gasteiger partial charge in [-0.2, -0.15) is 8.42 Å². The zero-order chi connectivity index (χ0) is 32.9. The van der Waals surface area contributed by atoms with Crippen LogP contribution in [0.2, 0.25) is 0 Å². The highest BCUT2D eigenvalue weighted by molar-refractivity contribution is 7.80. The van der Waals surface area contributed by atoms with E-state index in [9.17, 15) is 23.2 Å². The first-order valence-corrected chi connectivity index (χ1v) is 19.2. The quantitative estimate of drug-likeness (QED) is 0.0849. The minimum absolute atomic E-state index is 0.163. The third-order valence-electron chi connectivity index (χ3n) is 12.9. The van der Waals surface area contributed by atoms with E-state index in [1.54, 1.807) is 13.8 Å². The van der Waals surface area contributed by atoms with Crippen LogP contribution in [0.15, 0.2) is 0 Å². The first-order valence-electron chi connectivity index (χ1n) is 17.8. The third-order valence-corrected chi connectivity index (χ3v) is 13.4. The zero-order valence-electron chi connectivity index (χ0n) is 28.6. The monoisotopic (exact) mass is 645 g/mol. The van der Waals surface area contributed by atoms with Gasteiger partial charge in [-0.1, -0.05) is 60.8 Å². The molecule has 0 amide bonds. The maximum absolute atomic E-state index is 11.4. The molecular weight excluding hydrogens is 578 g/mol. The van der Waals surface area contributed by atoms with Crippen LogP contribution in [-0.4, -0.2) is 54.3 Å². The molecule has 0 bridgehead atoms. The summed E-state index contributed by atoms with van der Waals surface area (Å²) in [5.41, 5.74) is 11.5. The molecule has 260 valence electrons. The lowest BCUT2D eigenvalue weighted by Gasteiger charge is -2.62. The second-order valence-corrected chi connectivity index (χ2v) is 16.8. The summed E-state index contributed by atoms with van der Waals surface area (Å²) in [6.07, 6.45) is 14.9. The van der Waals surface area contributed by atoms with Gasteiger partial charge in [0.25, 0.3) is 0 Å². The topological polar surface area (TPSA) is 168 Å². The Hall–Kier alpha value is -0.330. The number of hydrogen-bond acceptors (Lipinski definition) is 8. The van der Waals surface area contributed by atoms with Crippen molar-refractivity contribution in [3.8, 4) is 0 Å². The SMILES string of the molecule is CC(C)C(O)(CC[C@@H](C)[C@H]1CCC2C3C(CC[C@@]21C)[C@@]1(C)CCCC[C@@H]1C[C@H]3O)OS(=O)(=O)O.CCCC(N)NCCCN. The van der Waals surface area contributed by atoms with Crippen molar-refractivity contribution in [2.75, 3.05) is 13.1 Å². The number of fused-ring (bicyclic) bond motifs is 5. The molecule has 4 fully saturated rings. The van der Waals surface area contributed by atoms with E-state index in [1.807, 2.05) is 0 Å². The van der Waals surface area contributed by atoms with Crippen molar-refractivity contribution in [2.24, 2.45) is 63.7 Å². The van der Waals surface area contributed by atoms with Gasteiger partial charge in [-0.05, 0) is 124 Å². The van der Waals surface area contributed by atoms with Gasteiger partial charge in [-0.15, -0.1) is 0 Å². The van der Waals surface area contributed by atoms with Gasteiger partial charge in [0.2, 0.25) is 0 Å². The lowest BCUT2D eigenvalue weighted by Crippen LogP contribution is -2.57. The van der Waals surface area contributed by atoms with Crippen LogP contribution < -0.4 is 16.8 Å². The van der Waals surface area contributed by atoms with Gasteiger partial charge >= 0.3 is 10.4 Å². The summed E-state index contributed by atoms with van der Waals surface area (Å²) in [6.45, 7) is 14.4. The lowest BCUT2D eigenvalue weighted by molar-refractivity contribution is -0.180. The van der Waals surface area contributed by atoms with Crippen LogP contribution in [0, 0.1) is 52.3 Å². The van der Waals surface area contributed by atoms with Crippen LogP contribution in [0.25, 0.3) is 0 Å². The van der Waals surface area contributed by atoms with Crippen molar-refractivity contribution in [3.05, 3.63) is 0 Å². The van der Waals surface area contributed by atoms with Gasteiger partial charge in [0.05, 0.1) is 12.3 Å². The molecule has 0 radical (unpaired) electrons. The fraction of sp³-hybridized carbons (Fsp3) is 1.00. The van der Waals surface area contributed by atoms with E-state index in [1.165, 1.54) is 38.5 Å². The van der Waals surface area contributed by atoms with Crippen LogP contribution in [0.5, 0.6) is 0 Å². The lowest BCUT2D eigenvalue weighted by atomic mass is 9.44. The molecule has 0 saturated heterocycles. The Balaban J connectivity index is 0.000000456. The summed E-state index contributed by atoms with van der Waals surface area (Å²) in [7, 11) is -4.74. The van der Waals surface area contributed by atoms with Crippen LogP contribution >= 0.6 is 0 Å². The minimum atomic E-state index is -4.74. The first-order chi connectivity index (χ1) is 20.5. The molecular formula is C34H67N3O6S. The van der Waals surface area contributed by atoms with Gasteiger partial charge in [0.15, 0.2) is 5.79 Å². The van der Waals surface area contributed by atoms with Gasteiger partial charge in [-0.25, -0.2) is 4.18 Å². The molecule has 5 unspecified atom stereocenters. The summed E-state index contributed by atoms with van der Waals surface area (Å²) in [5.74, 6) is 0.633. The maximum atomic E-state index is 11.4. The maximum Gasteiger partial charge on any atom is 0.400 e. The van der Waals surface area contributed by atoms with E-state index in [0.717, 1.165) is 51.6 Å². The van der Waals surface area contributed by atoms with E-state index in [-0.39, 0.29) is 24.1 Å². The van der Waals surface area contributed by atoms with Crippen molar-refractivity contribution in [2.45, 2.75) is 149 Å². The average molecular weight is 646 g/mol. The Morgan fingerprint density at radius 3 is 2.32 bits per heavy atom. The molecule has 0 heterocycles. The van der Waals surface area contributed by atoms with Gasteiger partial charge < -0.3 is 27.0 Å². The zero-order valence-corrected chi connectivity index (χ0v) is 29.5. The normalized spacial score (nSPS) is 38.0. The van der Waals surface area contributed by atoms with Crippen LogP contribution in [-0.2, 0) is 14.6 Å². The molecule has 11 atom stereocenters. The van der Waals surface area contributed by atoms with Crippen molar-refractivity contribution in [1.82, 2.24) is 5.32 Å². The molecule has 44 heavy (non-hydrogen) atoms. The molecule has 10 heteroatoms. The predicted molar refractivity (Wildman–Crippen MR) is 177 cm³/mol. The summed E-state index contributed by atoms with van der Waals surface area (Å²) in [5, 5.41) is 25.4. The second-order valence-electron chi connectivity index (χ2n) is 15.8. The molecule has 0 spiro atoms. The number of nitrogens with one attached hydrogen (secondary N) is 1. The molecule has 0 aliphatic heterocycles. The Kier molecular flexibility index (Phi) is 13.6. The molecule has 8 N–H and O–H groups in total. The summed E-state index contributed by atoms with van der Waals surface area (Å²) < 4.78 is 36.6. The Morgan fingerprint density at radius 1 is 1.02 bits per heavy atom. The van der Waals surface area contributed by atoms with Crippen molar-refractivity contribution < 1.29 is 27.4 Å². The summed E-state index contributed by atoms with van der Waals surface area (Å²) in [6, 6.07) is 0. The van der Waals surface area contributed by atoms with E-state index < -0.39 is 22.1 Å². The Morgan fingerprint density at radius 2 is 1.70 bits per heavy atom. The van der Waals surface area contributed by atoms with E-state index in [2.05, 4.69) is 33.0 Å². The molecule has 4 aliphatic carbocycles. The highest BCUT2D eigenvalue weighted by atomic mass is 32.3. The smallest absolute Gasteiger partial charge is 0.393 e. The second kappa shape index (κ2) is 15.7. The minimum Gasteiger partial charge on any atom is -0.393 e.